The molecular formula is C34H47N11O2. The molecule has 13 nitrogen and oxygen atoms in total. The summed E-state index contributed by atoms with van der Waals surface area (Å²) in [6, 6.07) is 10.4. The van der Waals surface area contributed by atoms with E-state index in [0.29, 0.717) is 40.9 Å². The molecule has 0 saturated carbocycles. The summed E-state index contributed by atoms with van der Waals surface area (Å²) in [5.41, 5.74) is 4.57. The molecule has 1 unspecified atom stereocenters. The molecule has 4 heterocycles. The number of nitrogens with one attached hydrogen (secondary N) is 5. The van der Waals surface area contributed by atoms with Gasteiger partial charge in [0.25, 0.3) is 11.1 Å². The first-order chi connectivity index (χ1) is 22.3. The number of unbranched alkanes of at least 4 members (excludes halogenated alkanes) is 1. The standard InChI is InChI=1S/C34H47N11O2/c1-33(2,3)29-38-25-19-27(46)42-44(25)31(40-29)36-13-8-7-10-21-11-12-22-17-24(18-23(22)16-21)35-14-9-15-37-32-41-30(34(4,5)6)39-26-20-28(47)43-45(26)32/h11-12,16,19-20,24,35H,7-10,13-15,17-18H2,1-6H3,(H,42,46)(H,43,47)(H,36,38,40)(H,37,39,41). The summed E-state index contributed by atoms with van der Waals surface area (Å²) in [6.45, 7) is 14.8. The monoisotopic (exact) mass is 641 g/mol. The zero-order valence-electron chi connectivity index (χ0n) is 28.3. The second-order valence-electron chi connectivity index (χ2n) is 14.7. The Hall–Kier alpha value is -4.52. The highest BCUT2D eigenvalue weighted by atomic mass is 16.1. The lowest BCUT2D eigenvalue weighted by Crippen LogP contribution is -2.31. The van der Waals surface area contributed by atoms with Crippen LogP contribution in [0.5, 0.6) is 0 Å². The van der Waals surface area contributed by atoms with Crippen molar-refractivity contribution >= 4 is 23.2 Å². The molecule has 1 atom stereocenters. The van der Waals surface area contributed by atoms with Crippen LogP contribution in [0.15, 0.2) is 39.9 Å². The second-order valence-corrected chi connectivity index (χ2v) is 14.7. The van der Waals surface area contributed by atoms with Gasteiger partial charge in [-0.05, 0) is 61.8 Å². The van der Waals surface area contributed by atoms with Crippen LogP contribution in [0, 0.1) is 0 Å². The molecule has 5 N–H and O–H groups in total. The maximum atomic E-state index is 11.9. The molecule has 250 valence electrons. The molecule has 1 aromatic carbocycles. The molecular weight excluding hydrogens is 594 g/mol. The number of hydrogen-bond donors (Lipinski definition) is 5. The van der Waals surface area contributed by atoms with E-state index in [9.17, 15) is 9.59 Å². The Morgan fingerprint density at radius 3 is 1.83 bits per heavy atom. The molecule has 0 aliphatic heterocycles. The van der Waals surface area contributed by atoms with Crippen LogP contribution in [0.4, 0.5) is 11.9 Å². The number of aromatic amines is 2. The average molecular weight is 642 g/mol. The Bertz CT molecular complexity index is 1990. The SMILES string of the molecule is CC(C)(C)c1nc(NCCCCc2ccc3c(c2)CC(NCCCNc2nc(C(C)(C)C)nc4cc(=O)[nH]n24)C3)n2[nH]c(=O)cc2n1. The number of nitrogens with zero attached hydrogens (tertiary/aromatic N) is 6. The van der Waals surface area contributed by atoms with Crippen LogP contribution in [0.3, 0.4) is 0 Å². The molecule has 4 aromatic heterocycles. The highest BCUT2D eigenvalue weighted by molar-refractivity contribution is 5.45. The van der Waals surface area contributed by atoms with Crippen LogP contribution in [0.25, 0.3) is 11.3 Å². The van der Waals surface area contributed by atoms with Gasteiger partial charge in [-0.15, -0.1) is 0 Å². The lowest BCUT2D eigenvalue weighted by atomic mass is 9.96. The van der Waals surface area contributed by atoms with Crippen LogP contribution in [0.1, 0.15) is 89.1 Å². The second kappa shape index (κ2) is 12.9. The first-order valence-electron chi connectivity index (χ1n) is 16.7. The number of H-pyrrole nitrogens is 2. The van der Waals surface area contributed by atoms with Crippen LogP contribution in [-0.2, 0) is 30.1 Å². The lowest BCUT2D eigenvalue weighted by molar-refractivity contribution is 0.526. The van der Waals surface area contributed by atoms with Crippen molar-refractivity contribution in [1.82, 2.24) is 44.5 Å². The number of hydrogen-bond acceptors (Lipinski definition) is 9. The summed E-state index contributed by atoms with van der Waals surface area (Å²) in [4.78, 5) is 42.4. The highest BCUT2D eigenvalue weighted by Crippen LogP contribution is 2.25. The van der Waals surface area contributed by atoms with E-state index < -0.39 is 0 Å². The van der Waals surface area contributed by atoms with Gasteiger partial charge in [0.15, 0.2) is 11.3 Å². The van der Waals surface area contributed by atoms with Crippen molar-refractivity contribution in [2.75, 3.05) is 30.3 Å². The third kappa shape index (κ3) is 7.56. The third-order valence-electron chi connectivity index (χ3n) is 8.50. The van der Waals surface area contributed by atoms with Gasteiger partial charge in [0.05, 0.1) is 0 Å². The van der Waals surface area contributed by atoms with Crippen LogP contribution in [-0.4, -0.2) is 64.8 Å². The first-order valence-corrected chi connectivity index (χ1v) is 16.7. The van der Waals surface area contributed by atoms with Gasteiger partial charge in [0.1, 0.15) is 11.6 Å². The quantitative estimate of drug-likeness (QED) is 0.128. The molecule has 6 rings (SSSR count). The fraction of sp³-hybridized carbons (Fsp3) is 0.529. The molecule has 1 aliphatic carbocycles. The summed E-state index contributed by atoms with van der Waals surface area (Å²) in [5, 5.41) is 16.1. The van der Waals surface area contributed by atoms with Gasteiger partial charge in [0.2, 0.25) is 11.9 Å². The van der Waals surface area contributed by atoms with Gasteiger partial charge in [-0.1, -0.05) is 59.7 Å². The van der Waals surface area contributed by atoms with Gasteiger partial charge in [0, 0.05) is 42.1 Å². The van der Waals surface area contributed by atoms with E-state index in [1.807, 2.05) is 0 Å². The summed E-state index contributed by atoms with van der Waals surface area (Å²) < 4.78 is 3.25. The van der Waals surface area contributed by atoms with E-state index in [4.69, 9.17) is 9.97 Å². The zero-order valence-corrected chi connectivity index (χ0v) is 28.3. The molecule has 0 amide bonds. The summed E-state index contributed by atoms with van der Waals surface area (Å²) in [7, 11) is 0. The van der Waals surface area contributed by atoms with Crippen molar-refractivity contribution in [3.63, 3.8) is 0 Å². The first kappa shape index (κ1) is 32.4. The van der Waals surface area contributed by atoms with E-state index in [1.54, 1.807) is 9.03 Å². The summed E-state index contributed by atoms with van der Waals surface area (Å²) in [5.74, 6) is 2.63. The van der Waals surface area contributed by atoms with Gasteiger partial charge in [-0.3, -0.25) is 19.8 Å². The van der Waals surface area contributed by atoms with Crippen LogP contribution < -0.4 is 27.1 Å². The van der Waals surface area contributed by atoms with Gasteiger partial charge < -0.3 is 16.0 Å². The van der Waals surface area contributed by atoms with E-state index in [-0.39, 0.29) is 21.9 Å². The largest absolute Gasteiger partial charge is 0.354 e. The molecule has 0 spiro atoms. The Kier molecular flexibility index (Phi) is 8.93. The smallest absolute Gasteiger partial charge is 0.266 e. The molecule has 1 aliphatic rings. The Morgan fingerprint density at radius 1 is 0.702 bits per heavy atom. The maximum absolute atomic E-state index is 11.9. The Balaban J connectivity index is 0.943. The van der Waals surface area contributed by atoms with Crippen molar-refractivity contribution in [2.24, 2.45) is 0 Å². The van der Waals surface area contributed by atoms with Crippen molar-refractivity contribution in [1.29, 1.82) is 0 Å². The lowest BCUT2D eigenvalue weighted by Gasteiger charge is -2.18. The molecule has 47 heavy (non-hydrogen) atoms. The summed E-state index contributed by atoms with van der Waals surface area (Å²) in [6.07, 6.45) is 6.06. The third-order valence-corrected chi connectivity index (χ3v) is 8.50. The van der Waals surface area contributed by atoms with Crippen molar-refractivity contribution in [2.45, 2.75) is 96.9 Å². The van der Waals surface area contributed by atoms with Crippen LogP contribution in [0.2, 0.25) is 0 Å². The number of benzene rings is 1. The van der Waals surface area contributed by atoms with Crippen molar-refractivity contribution in [3.8, 4) is 0 Å². The van der Waals surface area contributed by atoms with E-state index in [2.05, 4.69) is 95.9 Å². The van der Waals surface area contributed by atoms with E-state index >= 15 is 0 Å². The Morgan fingerprint density at radius 2 is 1.26 bits per heavy atom. The minimum atomic E-state index is -0.226. The van der Waals surface area contributed by atoms with E-state index in [1.165, 1.54) is 28.8 Å². The van der Waals surface area contributed by atoms with E-state index in [0.717, 1.165) is 58.2 Å². The normalized spacial score (nSPS) is 15.1. The number of fused-ring (bicyclic) bond motifs is 3. The molecule has 13 heteroatoms. The van der Waals surface area contributed by atoms with Crippen molar-refractivity contribution < 1.29 is 0 Å². The molecule has 0 saturated heterocycles. The van der Waals surface area contributed by atoms with Crippen molar-refractivity contribution in [3.05, 3.63) is 79.4 Å². The summed E-state index contributed by atoms with van der Waals surface area (Å²) >= 11 is 0. The average Bonchev–Trinajstić information content (AvgIpc) is 3.70. The van der Waals surface area contributed by atoms with Gasteiger partial charge in [-0.25, -0.2) is 19.0 Å². The number of anilines is 2. The highest BCUT2D eigenvalue weighted by Gasteiger charge is 2.23. The van der Waals surface area contributed by atoms with Crippen LogP contribution >= 0.6 is 0 Å². The minimum Gasteiger partial charge on any atom is -0.354 e. The Labute approximate surface area is 274 Å². The number of rotatable bonds is 12. The fourth-order valence-corrected chi connectivity index (χ4v) is 5.95. The number of aromatic nitrogens is 8. The predicted octanol–water partition coefficient (Wildman–Crippen LogP) is 3.74. The molecule has 0 bridgehead atoms. The van der Waals surface area contributed by atoms with Gasteiger partial charge >= 0.3 is 0 Å². The minimum absolute atomic E-state index is 0.189. The fourth-order valence-electron chi connectivity index (χ4n) is 5.95. The zero-order chi connectivity index (χ0) is 33.3. The topological polar surface area (TPSA) is 162 Å². The van der Waals surface area contributed by atoms with Gasteiger partial charge in [-0.2, -0.15) is 9.97 Å². The maximum Gasteiger partial charge on any atom is 0.266 e. The predicted molar refractivity (Wildman–Crippen MR) is 185 cm³/mol. The molecule has 0 fully saturated rings. The number of aryl methyl sites for hydroxylation is 1. The molecule has 0 radical (unpaired) electrons. The molecule has 5 aromatic rings.